The van der Waals surface area contributed by atoms with Gasteiger partial charge in [-0.3, -0.25) is 0 Å². The van der Waals surface area contributed by atoms with E-state index in [1.807, 2.05) is 0 Å². The lowest BCUT2D eigenvalue weighted by Gasteiger charge is -2.26. The van der Waals surface area contributed by atoms with Crippen molar-refractivity contribution in [2.75, 3.05) is 0 Å². The molecule has 1 aliphatic rings. The molecule has 0 heterocycles. The molecule has 0 aromatic heterocycles. The molecule has 0 atom stereocenters. The van der Waals surface area contributed by atoms with Gasteiger partial charge in [-0.25, -0.2) is 0 Å². The van der Waals surface area contributed by atoms with Crippen molar-refractivity contribution >= 4 is 0 Å². The van der Waals surface area contributed by atoms with Gasteiger partial charge in [-0.2, -0.15) is 0 Å². The number of hydrogen-bond donors (Lipinski definition) is 1. The summed E-state index contributed by atoms with van der Waals surface area (Å²) in [5.41, 5.74) is 4.58. The van der Waals surface area contributed by atoms with E-state index in [-0.39, 0.29) is 11.5 Å². The van der Waals surface area contributed by atoms with Crippen LogP contribution in [0, 0.1) is 12.8 Å². The van der Waals surface area contributed by atoms with Crippen LogP contribution < -0.4 is 0 Å². The van der Waals surface area contributed by atoms with Crippen LogP contribution >= 0.6 is 0 Å². The lowest BCUT2D eigenvalue weighted by Crippen LogP contribution is -2.20. The Kier molecular flexibility index (Phi) is 4.35. The molecule has 1 fully saturated rings. The van der Waals surface area contributed by atoms with Crippen LogP contribution in [0.15, 0.2) is 18.2 Å². The van der Waals surface area contributed by atoms with Crippen molar-refractivity contribution in [2.24, 2.45) is 5.92 Å². The van der Waals surface area contributed by atoms with Gasteiger partial charge in [0.25, 0.3) is 0 Å². The summed E-state index contributed by atoms with van der Waals surface area (Å²) in [4.78, 5) is 0. The molecular formula is C18H28O. The largest absolute Gasteiger partial charge is 0.393 e. The van der Waals surface area contributed by atoms with Gasteiger partial charge in [0.2, 0.25) is 0 Å². The maximum Gasteiger partial charge on any atom is 0.0540 e. The van der Waals surface area contributed by atoms with E-state index in [4.69, 9.17) is 0 Å². The van der Waals surface area contributed by atoms with E-state index in [0.29, 0.717) is 0 Å². The van der Waals surface area contributed by atoms with E-state index in [0.717, 1.165) is 18.8 Å². The summed E-state index contributed by atoms with van der Waals surface area (Å²) in [6.45, 7) is 9.04. The predicted molar refractivity (Wildman–Crippen MR) is 81.5 cm³/mol. The Morgan fingerprint density at radius 1 is 1.11 bits per heavy atom. The molecule has 0 bridgehead atoms. The molecule has 1 aliphatic carbocycles. The number of aliphatic hydroxyl groups excluding tert-OH is 1. The number of aryl methyl sites for hydroxylation is 1. The standard InChI is InChI=1S/C18H28O/c1-13-11-16(18(2,3)4)8-7-15(13)12-14-5-9-17(19)10-6-14/h7-8,11,14,17,19H,5-6,9-10,12H2,1-4H3. The quantitative estimate of drug-likeness (QED) is 0.836. The SMILES string of the molecule is Cc1cc(C(C)(C)C)ccc1CC1CCC(O)CC1. The molecule has 1 aromatic carbocycles. The highest BCUT2D eigenvalue weighted by Crippen LogP contribution is 2.30. The third kappa shape index (κ3) is 3.82. The monoisotopic (exact) mass is 260 g/mol. The molecule has 1 saturated carbocycles. The average Bonchev–Trinajstić information content (AvgIpc) is 2.33. The minimum absolute atomic E-state index is 0.0411. The van der Waals surface area contributed by atoms with Crippen LogP contribution in [-0.2, 0) is 11.8 Å². The summed E-state index contributed by atoms with van der Waals surface area (Å²) in [5.74, 6) is 0.766. The van der Waals surface area contributed by atoms with Crippen molar-refractivity contribution in [3.63, 3.8) is 0 Å². The lowest BCUT2D eigenvalue weighted by molar-refractivity contribution is 0.108. The van der Waals surface area contributed by atoms with Crippen molar-refractivity contribution in [1.29, 1.82) is 0 Å². The van der Waals surface area contributed by atoms with E-state index in [1.54, 1.807) is 0 Å². The van der Waals surface area contributed by atoms with Crippen LogP contribution in [0.2, 0.25) is 0 Å². The lowest BCUT2D eigenvalue weighted by atomic mass is 9.81. The Bertz CT molecular complexity index is 420. The Morgan fingerprint density at radius 3 is 2.26 bits per heavy atom. The van der Waals surface area contributed by atoms with E-state index >= 15 is 0 Å². The maximum atomic E-state index is 9.57. The minimum atomic E-state index is -0.0411. The van der Waals surface area contributed by atoms with Gasteiger partial charge in [0.05, 0.1) is 6.10 Å². The molecule has 19 heavy (non-hydrogen) atoms. The molecule has 1 aromatic rings. The zero-order valence-corrected chi connectivity index (χ0v) is 12.9. The van der Waals surface area contributed by atoms with Crippen molar-refractivity contribution in [2.45, 2.75) is 71.3 Å². The normalized spacial score (nSPS) is 24.5. The average molecular weight is 260 g/mol. The number of aliphatic hydroxyl groups is 1. The summed E-state index contributed by atoms with van der Waals surface area (Å²) in [5, 5.41) is 9.57. The van der Waals surface area contributed by atoms with E-state index in [9.17, 15) is 5.11 Å². The summed E-state index contributed by atoms with van der Waals surface area (Å²) in [6, 6.07) is 6.97. The molecule has 0 amide bonds. The van der Waals surface area contributed by atoms with Crippen LogP contribution in [0.25, 0.3) is 0 Å². The van der Waals surface area contributed by atoms with Crippen molar-refractivity contribution in [3.05, 3.63) is 34.9 Å². The highest BCUT2D eigenvalue weighted by molar-refractivity contribution is 5.34. The molecular weight excluding hydrogens is 232 g/mol. The third-order valence-corrected chi connectivity index (χ3v) is 4.53. The zero-order valence-electron chi connectivity index (χ0n) is 12.9. The van der Waals surface area contributed by atoms with Crippen molar-refractivity contribution < 1.29 is 5.11 Å². The number of rotatable bonds is 2. The van der Waals surface area contributed by atoms with Gasteiger partial charge in [0.15, 0.2) is 0 Å². The van der Waals surface area contributed by atoms with Gasteiger partial charge >= 0.3 is 0 Å². The van der Waals surface area contributed by atoms with Crippen LogP contribution in [0.1, 0.15) is 63.1 Å². The summed E-state index contributed by atoms with van der Waals surface area (Å²) in [6.07, 6.45) is 5.49. The molecule has 0 radical (unpaired) electrons. The molecule has 2 rings (SSSR count). The van der Waals surface area contributed by atoms with Gasteiger partial charge < -0.3 is 5.11 Å². The van der Waals surface area contributed by atoms with Crippen molar-refractivity contribution in [3.8, 4) is 0 Å². The second-order valence-electron chi connectivity index (χ2n) is 7.27. The highest BCUT2D eigenvalue weighted by atomic mass is 16.3. The molecule has 0 unspecified atom stereocenters. The summed E-state index contributed by atoms with van der Waals surface area (Å²) < 4.78 is 0. The van der Waals surface area contributed by atoms with E-state index in [2.05, 4.69) is 45.9 Å². The fourth-order valence-corrected chi connectivity index (χ4v) is 3.05. The number of hydrogen-bond acceptors (Lipinski definition) is 1. The fourth-order valence-electron chi connectivity index (χ4n) is 3.05. The first-order valence-electron chi connectivity index (χ1n) is 7.64. The first-order valence-corrected chi connectivity index (χ1v) is 7.64. The molecule has 1 heteroatoms. The minimum Gasteiger partial charge on any atom is -0.393 e. The molecule has 0 saturated heterocycles. The van der Waals surface area contributed by atoms with Gasteiger partial charge in [-0.05, 0) is 67.1 Å². The van der Waals surface area contributed by atoms with Gasteiger partial charge in [0.1, 0.15) is 0 Å². The molecule has 106 valence electrons. The predicted octanol–water partition coefficient (Wildman–Crippen LogP) is 4.39. The van der Waals surface area contributed by atoms with E-state index in [1.165, 1.54) is 36.0 Å². The van der Waals surface area contributed by atoms with Crippen LogP contribution in [0.5, 0.6) is 0 Å². The highest BCUT2D eigenvalue weighted by Gasteiger charge is 2.21. The third-order valence-electron chi connectivity index (χ3n) is 4.53. The van der Waals surface area contributed by atoms with Crippen LogP contribution in [-0.4, -0.2) is 11.2 Å². The van der Waals surface area contributed by atoms with Gasteiger partial charge in [-0.1, -0.05) is 39.0 Å². The Hall–Kier alpha value is -0.820. The first-order chi connectivity index (χ1) is 8.86. The molecule has 1 nitrogen and oxygen atoms in total. The Balaban J connectivity index is 2.05. The van der Waals surface area contributed by atoms with Crippen LogP contribution in [0.3, 0.4) is 0 Å². The molecule has 0 spiro atoms. The topological polar surface area (TPSA) is 20.2 Å². The second-order valence-corrected chi connectivity index (χ2v) is 7.27. The van der Waals surface area contributed by atoms with Gasteiger partial charge in [0, 0.05) is 0 Å². The first kappa shape index (κ1) is 14.6. The summed E-state index contributed by atoms with van der Waals surface area (Å²) in [7, 11) is 0. The fraction of sp³-hybridized carbons (Fsp3) is 0.667. The van der Waals surface area contributed by atoms with Crippen LogP contribution in [0.4, 0.5) is 0 Å². The molecule has 1 N–H and O–H groups in total. The second kappa shape index (κ2) is 5.66. The molecule has 0 aliphatic heterocycles. The van der Waals surface area contributed by atoms with Crippen molar-refractivity contribution in [1.82, 2.24) is 0 Å². The smallest absolute Gasteiger partial charge is 0.0540 e. The van der Waals surface area contributed by atoms with Gasteiger partial charge in [-0.15, -0.1) is 0 Å². The summed E-state index contributed by atoms with van der Waals surface area (Å²) >= 11 is 0. The zero-order chi connectivity index (χ0) is 14.0. The Morgan fingerprint density at radius 2 is 1.74 bits per heavy atom. The van der Waals surface area contributed by atoms with E-state index < -0.39 is 0 Å². The maximum absolute atomic E-state index is 9.57. The number of benzene rings is 1. The Labute approximate surface area is 118 Å².